The maximum absolute atomic E-state index is 11.6. The van der Waals surface area contributed by atoms with Crippen LogP contribution in [0, 0.1) is 0 Å². The standard InChI is InChI=1S/2C12H10N4O.C8H14O4.2H2O/c2*17-12(10-4-7-13-8-5-10)16-15-9-11-3-1-2-6-14-11;9-7(10)5-3-1-2-4-6-8(11)12;;/h2*1-9H,(H,16,17);1-6H2,(H,9,10)(H,11,12);2*1H2/b2*15-9+;;;. The quantitative estimate of drug-likeness (QED) is 0.0921. The van der Waals surface area contributed by atoms with Crippen molar-refractivity contribution >= 4 is 36.2 Å². The van der Waals surface area contributed by atoms with E-state index in [1.54, 1.807) is 73.6 Å². The Morgan fingerprint density at radius 1 is 0.562 bits per heavy atom. The predicted molar refractivity (Wildman–Crippen MR) is 177 cm³/mol. The molecule has 4 heterocycles. The van der Waals surface area contributed by atoms with E-state index in [9.17, 15) is 19.2 Å². The minimum atomic E-state index is -0.784. The van der Waals surface area contributed by atoms with Gasteiger partial charge in [0, 0.05) is 61.1 Å². The Morgan fingerprint density at radius 3 is 1.25 bits per heavy atom. The molecule has 0 fully saturated rings. The van der Waals surface area contributed by atoms with Gasteiger partial charge in [0.1, 0.15) is 0 Å². The van der Waals surface area contributed by atoms with Crippen LogP contribution in [0.4, 0.5) is 0 Å². The topological polar surface area (TPSA) is 272 Å². The van der Waals surface area contributed by atoms with Crippen LogP contribution in [0.3, 0.4) is 0 Å². The summed E-state index contributed by atoms with van der Waals surface area (Å²) in [5.41, 5.74) is 7.21. The first kappa shape index (κ1) is 41.7. The summed E-state index contributed by atoms with van der Waals surface area (Å²) >= 11 is 0. The smallest absolute Gasteiger partial charge is 0.303 e. The lowest BCUT2D eigenvalue weighted by molar-refractivity contribution is -0.138. The first-order valence-electron chi connectivity index (χ1n) is 14.1. The van der Waals surface area contributed by atoms with E-state index in [1.807, 2.05) is 24.3 Å². The fraction of sp³-hybridized carbons (Fsp3) is 0.188. The van der Waals surface area contributed by atoms with Crippen molar-refractivity contribution in [2.75, 3.05) is 0 Å². The summed E-state index contributed by atoms with van der Waals surface area (Å²) in [6, 6.07) is 17.4. The highest BCUT2D eigenvalue weighted by Crippen LogP contribution is 2.05. The van der Waals surface area contributed by atoms with Gasteiger partial charge in [-0.05, 0) is 61.4 Å². The van der Waals surface area contributed by atoms with E-state index in [-0.39, 0.29) is 35.6 Å². The second-order valence-corrected chi connectivity index (χ2v) is 9.08. The third-order valence-electron chi connectivity index (χ3n) is 5.52. The molecule has 48 heavy (non-hydrogen) atoms. The van der Waals surface area contributed by atoms with Crippen LogP contribution < -0.4 is 10.9 Å². The number of nitrogens with one attached hydrogen (secondary N) is 2. The Kier molecular flexibility index (Phi) is 22.6. The van der Waals surface area contributed by atoms with Crippen molar-refractivity contribution in [1.82, 2.24) is 30.8 Å². The lowest BCUT2D eigenvalue weighted by Crippen LogP contribution is -2.17. The van der Waals surface area contributed by atoms with Gasteiger partial charge in [0.15, 0.2) is 0 Å². The van der Waals surface area contributed by atoms with E-state index in [2.05, 4.69) is 41.0 Å². The van der Waals surface area contributed by atoms with Gasteiger partial charge in [-0.25, -0.2) is 10.9 Å². The highest BCUT2D eigenvalue weighted by atomic mass is 16.4. The SMILES string of the molecule is O.O.O=C(N/N=C/c1ccccn1)c1ccncc1.O=C(N/N=C/c1ccccn1)c1ccncc1.O=C(O)CCCCCCC(=O)O. The van der Waals surface area contributed by atoms with Crippen LogP contribution in [0.25, 0.3) is 0 Å². The molecule has 0 spiro atoms. The van der Waals surface area contributed by atoms with Crippen LogP contribution in [-0.4, -0.2) is 77.3 Å². The third-order valence-corrected chi connectivity index (χ3v) is 5.52. The van der Waals surface area contributed by atoms with Gasteiger partial charge in [-0.2, -0.15) is 10.2 Å². The molecule has 4 rings (SSSR count). The van der Waals surface area contributed by atoms with Crippen LogP contribution >= 0.6 is 0 Å². The number of aliphatic carboxylic acids is 2. The molecule has 4 aromatic heterocycles. The summed E-state index contributed by atoms with van der Waals surface area (Å²) in [4.78, 5) is 58.9. The van der Waals surface area contributed by atoms with Gasteiger partial charge in [0.2, 0.25) is 0 Å². The molecular weight excluding hydrogens is 624 g/mol. The highest BCUT2D eigenvalue weighted by molar-refractivity contribution is 5.95. The fourth-order valence-electron chi connectivity index (χ4n) is 3.26. The van der Waals surface area contributed by atoms with Gasteiger partial charge in [-0.15, -0.1) is 0 Å². The average Bonchev–Trinajstić information content (AvgIpc) is 3.08. The second kappa shape index (κ2) is 26.0. The molecule has 0 aliphatic rings. The van der Waals surface area contributed by atoms with Crippen molar-refractivity contribution in [1.29, 1.82) is 0 Å². The number of carboxylic acids is 2. The molecule has 0 aromatic carbocycles. The number of carboxylic acid groups (broad SMARTS) is 2. The molecule has 16 nitrogen and oxygen atoms in total. The summed E-state index contributed by atoms with van der Waals surface area (Å²) < 4.78 is 0. The van der Waals surface area contributed by atoms with Gasteiger partial charge >= 0.3 is 11.9 Å². The van der Waals surface area contributed by atoms with E-state index < -0.39 is 11.9 Å². The minimum Gasteiger partial charge on any atom is -0.481 e. The number of nitrogens with zero attached hydrogens (tertiary/aromatic N) is 6. The van der Waals surface area contributed by atoms with Crippen molar-refractivity contribution in [3.8, 4) is 0 Å². The Bertz CT molecular complexity index is 1410. The minimum absolute atomic E-state index is 0. The van der Waals surface area contributed by atoms with Crippen molar-refractivity contribution in [3.63, 3.8) is 0 Å². The monoisotopic (exact) mass is 662 g/mol. The number of hydrogen-bond donors (Lipinski definition) is 4. The van der Waals surface area contributed by atoms with Gasteiger partial charge in [0.25, 0.3) is 11.8 Å². The van der Waals surface area contributed by atoms with Crippen molar-refractivity contribution in [3.05, 3.63) is 120 Å². The lowest BCUT2D eigenvalue weighted by Gasteiger charge is -1.97. The number of hydrazone groups is 2. The summed E-state index contributed by atoms with van der Waals surface area (Å²) in [6.45, 7) is 0. The predicted octanol–water partition coefficient (Wildman–Crippen LogP) is 2.33. The zero-order valence-corrected chi connectivity index (χ0v) is 25.8. The van der Waals surface area contributed by atoms with Crippen LogP contribution in [0.15, 0.2) is 108 Å². The number of aromatic nitrogens is 4. The number of rotatable bonds is 13. The summed E-state index contributed by atoms with van der Waals surface area (Å²) in [5.74, 6) is -2.12. The number of unbranched alkanes of at least 4 members (excludes halogenated alkanes) is 3. The van der Waals surface area contributed by atoms with E-state index >= 15 is 0 Å². The van der Waals surface area contributed by atoms with Gasteiger partial charge in [0.05, 0.1) is 23.8 Å². The summed E-state index contributed by atoms with van der Waals surface area (Å²) in [7, 11) is 0. The lowest BCUT2D eigenvalue weighted by atomic mass is 10.1. The normalized spacial score (nSPS) is 9.75. The molecule has 16 heteroatoms. The number of pyridine rings is 4. The molecule has 0 aliphatic carbocycles. The van der Waals surface area contributed by atoms with Crippen LogP contribution in [-0.2, 0) is 9.59 Å². The number of hydrogen-bond acceptors (Lipinski definition) is 10. The molecule has 0 unspecified atom stereocenters. The largest absolute Gasteiger partial charge is 0.481 e. The molecule has 0 radical (unpaired) electrons. The molecule has 0 saturated heterocycles. The second-order valence-electron chi connectivity index (χ2n) is 9.08. The Balaban J connectivity index is 0.000000689. The van der Waals surface area contributed by atoms with Gasteiger partial charge in [-0.1, -0.05) is 25.0 Å². The first-order valence-corrected chi connectivity index (χ1v) is 14.1. The van der Waals surface area contributed by atoms with E-state index in [0.29, 0.717) is 35.4 Å². The zero-order chi connectivity index (χ0) is 33.2. The number of carbonyl (C=O) groups excluding carboxylic acids is 2. The van der Waals surface area contributed by atoms with E-state index in [4.69, 9.17) is 10.2 Å². The zero-order valence-electron chi connectivity index (χ0n) is 25.8. The number of carbonyl (C=O) groups is 4. The van der Waals surface area contributed by atoms with Crippen molar-refractivity contribution in [2.24, 2.45) is 10.2 Å². The highest BCUT2D eigenvalue weighted by Gasteiger charge is 2.03. The maximum atomic E-state index is 11.6. The first-order chi connectivity index (χ1) is 22.3. The van der Waals surface area contributed by atoms with E-state index in [1.165, 1.54) is 12.4 Å². The molecular formula is C32H38N8O8. The maximum Gasteiger partial charge on any atom is 0.303 e. The van der Waals surface area contributed by atoms with Crippen LogP contribution in [0.5, 0.6) is 0 Å². The molecule has 8 N–H and O–H groups in total. The molecule has 2 amide bonds. The average molecular weight is 663 g/mol. The van der Waals surface area contributed by atoms with Gasteiger partial charge in [-0.3, -0.25) is 39.1 Å². The molecule has 0 bridgehead atoms. The van der Waals surface area contributed by atoms with E-state index in [0.717, 1.165) is 12.8 Å². The Hall–Kier alpha value is -6.26. The van der Waals surface area contributed by atoms with Crippen molar-refractivity contribution < 1.29 is 40.3 Å². The number of amides is 2. The van der Waals surface area contributed by atoms with Crippen LogP contribution in [0.2, 0.25) is 0 Å². The summed E-state index contributed by atoms with van der Waals surface area (Å²) in [5, 5.41) is 24.1. The molecule has 0 saturated carbocycles. The fourth-order valence-corrected chi connectivity index (χ4v) is 3.26. The molecule has 0 atom stereocenters. The Morgan fingerprint density at radius 2 is 0.938 bits per heavy atom. The Labute approximate surface area is 276 Å². The molecule has 4 aromatic rings. The molecule has 254 valence electrons. The summed E-state index contributed by atoms with van der Waals surface area (Å²) in [6.07, 6.45) is 15.8. The third kappa shape index (κ3) is 19.9. The van der Waals surface area contributed by atoms with Crippen LogP contribution in [0.1, 0.15) is 70.6 Å². The van der Waals surface area contributed by atoms with Gasteiger partial charge < -0.3 is 21.2 Å². The van der Waals surface area contributed by atoms with Crippen molar-refractivity contribution in [2.45, 2.75) is 38.5 Å². The molecule has 0 aliphatic heterocycles.